The molecule has 10 heteroatoms. The molecule has 0 fully saturated rings. The summed E-state index contributed by atoms with van der Waals surface area (Å²) in [6, 6.07) is 19.2. The molecule has 1 atom stereocenters. The maximum atomic E-state index is 13.0. The Morgan fingerprint density at radius 2 is 1.53 bits per heavy atom. The van der Waals surface area contributed by atoms with E-state index < -0.39 is 24.0 Å². The summed E-state index contributed by atoms with van der Waals surface area (Å²) in [6.07, 6.45) is 0.315. The molecule has 0 unspecified atom stereocenters. The van der Waals surface area contributed by atoms with Crippen LogP contribution in [0.2, 0.25) is 0 Å². The average Bonchev–Trinajstić information content (AvgIpc) is 2.93. The molecular weight excluding hydrogens is 488 g/mol. The summed E-state index contributed by atoms with van der Waals surface area (Å²) in [4.78, 5) is 42.0. The largest absolute Gasteiger partial charge is 0.514 e. The highest BCUT2D eigenvalue weighted by Gasteiger charge is 2.25. The van der Waals surface area contributed by atoms with Crippen molar-refractivity contribution in [1.29, 1.82) is 0 Å². The van der Waals surface area contributed by atoms with Crippen LogP contribution in [0.15, 0.2) is 78.0 Å². The summed E-state index contributed by atoms with van der Waals surface area (Å²) in [5.41, 5.74) is 4.44. The topological polar surface area (TPSA) is 128 Å². The standard InChI is InChI=1S/C28H30N4O6/c1-18(2)17-37-28(35)38-25-22(36-4)15-16-29-24(25)27(34)30-19(3)26(33)32-31-23(20-11-7-5-8-12-20)21-13-9-6-10-14-21/h5-16,18-19H,17H2,1-4H3,(H,30,34)(H,32,33)/t19-/m0/s1. The Kier molecular flexibility index (Phi) is 9.93. The first-order valence-electron chi connectivity index (χ1n) is 12.0. The van der Waals surface area contributed by atoms with Crippen LogP contribution in [0.3, 0.4) is 0 Å². The Morgan fingerprint density at radius 1 is 0.921 bits per heavy atom. The van der Waals surface area contributed by atoms with E-state index in [1.807, 2.05) is 74.5 Å². The highest BCUT2D eigenvalue weighted by molar-refractivity contribution is 6.13. The number of carbonyl (C=O) groups excluding carboxylic acids is 3. The van der Waals surface area contributed by atoms with Crippen molar-refractivity contribution in [2.45, 2.75) is 26.8 Å². The van der Waals surface area contributed by atoms with Gasteiger partial charge in [0.1, 0.15) is 6.04 Å². The number of hydrogen-bond acceptors (Lipinski definition) is 8. The number of rotatable bonds is 10. The normalized spacial score (nSPS) is 11.2. The summed E-state index contributed by atoms with van der Waals surface area (Å²) in [5.74, 6) is -1.35. The van der Waals surface area contributed by atoms with Crippen LogP contribution in [0.1, 0.15) is 42.4 Å². The lowest BCUT2D eigenvalue weighted by molar-refractivity contribution is -0.122. The number of hydrazone groups is 1. The van der Waals surface area contributed by atoms with Gasteiger partial charge in [0, 0.05) is 23.4 Å². The van der Waals surface area contributed by atoms with Gasteiger partial charge in [0.05, 0.1) is 19.4 Å². The third kappa shape index (κ3) is 7.63. The zero-order chi connectivity index (χ0) is 27.5. The summed E-state index contributed by atoms with van der Waals surface area (Å²) in [5, 5.41) is 6.87. The molecule has 38 heavy (non-hydrogen) atoms. The lowest BCUT2D eigenvalue weighted by atomic mass is 10.0. The second kappa shape index (κ2) is 13.5. The minimum atomic E-state index is -1.01. The van der Waals surface area contributed by atoms with Crippen molar-refractivity contribution in [2.75, 3.05) is 13.7 Å². The predicted molar refractivity (Wildman–Crippen MR) is 141 cm³/mol. The van der Waals surface area contributed by atoms with E-state index in [1.54, 1.807) is 0 Å². The number of nitrogens with one attached hydrogen (secondary N) is 2. The quantitative estimate of drug-likeness (QED) is 0.236. The zero-order valence-electron chi connectivity index (χ0n) is 21.6. The smallest absolute Gasteiger partial charge is 0.493 e. The first-order chi connectivity index (χ1) is 18.3. The van der Waals surface area contributed by atoms with Gasteiger partial charge < -0.3 is 19.5 Å². The Bertz CT molecular complexity index is 1240. The van der Waals surface area contributed by atoms with Crippen molar-refractivity contribution in [3.05, 3.63) is 89.7 Å². The molecule has 0 saturated heterocycles. The van der Waals surface area contributed by atoms with Gasteiger partial charge in [-0.15, -0.1) is 0 Å². The lowest BCUT2D eigenvalue weighted by Gasteiger charge is -2.16. The van der Waals surface area contributed by atoms with Crippen molar-refractivity contribution >= 4 is 23.7 Å². The fourth-order valence-electron chi connectivity index (χ4n) is 3.23. The minimum Gasteiger partial charge on any atom is -0.493 e. The van der Waals surface area contributed by atoms with Crippen molar-refractivity contribution in [3.8, 4) is 11.5 Å². The van der Waals surface area contributed by atoms with E-state index in [-0.39, 0.29) is 29.7 Å². The molecule has 3 rings (SSSR count). The van der Waals surface area contributed by atoms with E-state index in [2.05, 4.69) is 20.8 Å². The van der Waals surface area contributed by atoms with Crippen molar-refractivity contribution in [1.82, 2.24) is 15.7 Å². The Hall–Kier alpha value is -4.73. The molecule has 1 aromatic heterocycles. The van der Waals surface area contributed by atoms with Gasteiger partial charge in [-0.1, -0.05) is 74.5 Å². The highest BCUT2D eigenvalue weighted by Crippen LogP contribution is 2.30. The summed E-state index contributed by atoms with van der Waals surface area (Å²) < 4.78 is 15.5. The van der Waals surface area contributed by atoms with Gasteiger partial charge in [-0.25, -0.2) is 15.2 Å². The highest BCUT2D eigenvalue weighted by atomic mass is 16.7. The zero-order valence-corrected chi connectivity index (χ0v) is 21.6. The van der Waals surface area contributed by atoms with E-state index in [0.717, 1.165) is 11.1 Å². The number of methoxy groups -OCH3 is 1. The van der Waals surface area contributed by atoms with Crippen LogP contribution in [0.4, 0.5) is 4.79 Å². The molecule has 198 valence electrons. The number of ether oxygens (including phenoxy) is 3. The number of benzene rings is 2. The van der Waals surface area contributed by atoms with Gasteiger partial charge in [0.2, 0.25) is 5.75 Å². The lowest BCUT2D eigenvalue weighted by Crippen LogP contribution is -2.44. The van der Waals surface area contributed by atoms with Gasteiger partial charge in [-0.05, 0) is 12.8 Å². The first-order valence-corrected chi connectivity index (χ1v) is 12.0. The average molecular weight is 519 g/mol. The molecule has 2 N–H and O–H groups in total. The second-order valence-corrected chi connectivity index (χ2v) is 8.61. The number of aromatic nitrogens is 1. The van der Waals surface area contributed by atoms with E-state index in [1.165, 1.54) is 26.3 Å². The van der Waals surface area contributed by atoms with Crippen LogP contribution in [0.5, 0.6) is 11.5 Å². The van der Waals surface area contributed by atoms with Gasteiger partial charge in [0.25, 0.3) is 11.8 Å². The van der Waals surface area contributed by atoms with Crippen LogP contribution in [-0.2, 0) is 9.53 Å². The van der Waals surface area contributed by atoms with Crippen LogP contribution < -0.4 is 20.2 Å². The van der Waals surface area contributed by atoms with Crippen LogP contribution in [0, 0.1) is 5.92 Å². The monoisotopic (exact) mass is 518 g/mol. The van der Waals surface area contributed by atoms with Crippen molar-refractivity contribution < 1.29 is 28.6 Å². The molecule has 2 amide bonds. The van der Waals surface area contributed by atoms with Crippen molar-refractivity contribution in [2.24, 2.45) is 11.0 Å². The van der Waals surface area contributed by atoms with E-state index >= 15 is 0 Å². The molecule has 0 spiro atoms. The minimum absolute atomic E-state index is 0.0902. The fourth-order valence-corrected chi connectivity index (χ4v) is 3.23. The second-order valence-electron chi connectivity index (χ2n) is 8.61. The third-order valence-corrected chi connectivity index (χ3v) is 5.14. The number of pyridine rings is 1. The Balaban J connectivity index is 1.75. The van der Waals surface area contributed by atoms with Gasteiger partial charge in [-0.3, -0.25) is 9.59 Å². The van der Waals surface area contributed by atoms with Gasteiger partial charge >= 0.3 is 6.16 Å². The molecule has 0 aliphatic carbocycles. The number of nitrogens with zero attached hydrogens (tertiary/aromatic N) is 2. The molecule has 0 aliphatic heterocycles. The SMILES string of the molecule is COc1ccnc(C(=O)N[C@@H](C)C(=O)NN=C(c2ccccc2)c2ccccc2)c1OC(=O)OCC(C)C. The summed E-state index contributed by atoms with van der Waals surface area (Å²) in [6.45, 7) is 5.37. The first kappa shape index (κ1) is 27.9. The molecule has 2 aromatic carbocycles. The van der Waals surface area contributed by atoms with Crippen LogP contribution >= 0.6 is 0 Å². The molecule has 0 saturated carbocycles. The van der Waals surface area contributed by atoms with E-state index in [0.29, 0.717) is 5.71 Å². The Morgan fingerprint density at radius 3 is 2.08 bits per heavy atom. The molecular formula is C28H30N4O6. The number of amides is 2. The molecule has 0 aliphatic rings. The molecule has 1 heterocycles. The van der Waals surface area contributed by atoms with Gasteiger partial charge in [0.15, 0.2) is 11.4 Å². The maximum Gasteiger partial charge on any atom is 0.514 e. The number of hydrogen-bond donors (Lipinski definition) is 2. The molecule has 10 nitrogen and oxygen atoms in total. The molecule has 0 radical (unpaired) electrons. The van der Waals surface area contributed by atoms with Gasteiger partial charge in [-0.2, -0.15) is 5.10 Å². The fraction of sp³-hybridized carbons (Fsp3) is 0.250. The number of carbonyl (C=O) groups is 3. The predicted octanol–water partition coefficient (Wildman–Crippen LogP) is 3.95. The van der Waals surface area contributed by atoms with E-state index in [9.17, 15) is 14.4 Å². The van der Waals surface area contributed by atoms with Crippen LogP contribution in [0.25, 0.3) is 0 Å². The Labute approximate surface area is 221 Å². The summed E-state index contributed by atoms with van der Waals surface area (Å²) in [7, 11) is 1.36. The summed E-state index contributed by atoms with van der Waals surface area (Å²) >= 11 is 0. The maximum absolute atomic E-state index is 13.0. The molecule has 0 bridgehead atoms. The molecule has 3 aromatic rings. The third-order valence-electron chi connectivity index (χ3n) is 5.14. The van der Waals surface area contributed by atoms with Crippen LogP contribution in [-0.4, -0.2) is 48.4 Å². The van der Waals surface area contributed by atoms with Crippen molar-refractivity contribution in [3.63, 3.8) is 0 Å². The van der Waals surface area contributed by atoms with E-state index in [4.69, 9.17) is 14.2 Å².